The third-order valence-electron chi connectivity index (χ3n) is 6.91. The van der Waals surface area contributed by atoms with E-state index in [1.54, 1.807) is 27.7 Å². The standard InChI is InChI=1S/C31H35ClN4O2/c1-19(2)16-17-35(31(38)34-28-21(4)8-7-9-22(28)5)23(6)29-33-27-18-24(32)12-15-26(27)30(37)36(29)25-13-10-20(3)11-14-25/h7-15,18-19,23H,16-17H2,1-6H3,(H,34,38). The molecule has 2 amide bonds. The molecule has 0 fully saturated rings. The van der Waals surface area contributed by atoms with Crippen molar-refractivity contribution in [2.24, 2.45) is 5.92 Å². The third kappa shape index (κ3) is 5.76. The van der Waals surface area contributed by atoms with E-state index in [1.807, 2.05) is 70.2 Å². The molecule has 38 heavy (non-hydrogen) atoms. The second-order valence-corrected chi connectivity index (χ2v) is 10.8. The number of amides is 2. The Balaban J connectivity index is 1.87. The van der Waals surface area contributed by atoms with Gasteiger partial charge in [-0.2, -0.15) is 0 Å². The average molecular weight is 531 g/mol. The average Bonchev–Trinajstić information content (AvgIpc) is 2.86. The van der Waals surface area contributed by atoms with E-state index in [0.29, 0.717) is 39.9 Å². The van der Waals surface area contributed by atoms with Gasteiger partial charge in [0.05, 0.1) is 22.6 Å². The number of aryl methyl sites for hydroxylation is 3. The summed E-state index contributed by atoms with van der Waals surface area (Å²) in [6, 6.07) is 18.0. The van der Waals surface area contributed by atoms with Gasteiger partial charge in [0.25, 0.3) is 5.56 Å². The normalized spacial score (nSPS) is 12.1. The molecule has 1 atom stereocenters. The van der Waals surface area contributed by atoms with Crippen molar-refractivity contribution >= 4 is 34.2 Å². The summed E-state index contributed by atoms with van der Waals surface area (Å²) in [5.41, 5.74) is 4.88. The summed E-state index contributed by atoms with van der Waals surface area (Å²) in [6.45, 7) is 12.7. The molecule has 1 N–H and O–H groups in total. The van der Waals surface area contributed by atoms with Crippen molar-refractivity contribution in [2.75, 3.05) is 11.9 Å². The van der Waals surface area contributed by atoms with Crippen molar-refractivity contribution in [3.8, 4) is 5.69 Å². The summed E-state index contributed by atoms with van der Waals surface area (Å²) in [4.78, 5) is 34.4. The number of carbonyl (C=O) groups is 1. The third-order valence-corrected chi connectivity index (χ3v) is 7.15. The molecule has 7 heteroatoms. The van der Waals surface area contributed by atoms with Crippen LogP contribution in [0.1, 0.15) is 55.7 Å². The molecule has 4 rings (SSSR count). The number of urea groups is 1. The molecule has 0 bridgehead atoms. The number of halogens is 1. The zero-order valence-corrected chi connectivity index (χ0v) is 23.6. The first kappa shape index (κ1) is 27.4. The Morgan fingerprint density at radius 1 is 1.00 bits per heavy atom. The summed E-state index contributed by atoms with van der Waals surface area (Å²) < 4.78 is 1.62. The smallest absolute Gasteiger partial charge is 0.315 e. The van der Waals surface area contributed by atoms with Gasteiger partial charge >= 0.3 is 6.03 Å². The van der Waals surface area contributed by atoms with Crippen LogP contribution in [0.2, 0.25) is 5.02 Å². The van der Waals surface area contributed by atoms with E-state index in [1.165, 1.54) is 0 Å². The second-order valence-electron chi connectivity index (χ2n) is 10.4. The number of aromatic nitrogens is 2. The van der Waals surface area contributed by atoms with E-state index < -0.39 is 6.04 Å². The Labute approximate surface area is 229 Å². The minimum Gasteiger partial charge on any atom is -0.315 e. The minimum atomic E-state index is -0.504. The first-order valence-corrected chi connectivity index (χ1v) is 13.4. The van der Waals surface area contributed by atoms with Crippen LogP contribution in [-0.2, 0) is 0 Å². The van der Waals surface area contributed by atoms with Gasteiger partial charge in [-0.05, 0) is 81.5 Å². The Hall–Kier alpha value is -3.64. The molecule has 0 aliphatic heterocycles. The van der Waals surface area contributed by atoms with Crippen molar-refractivity contribution in [1.29, 1.82) is 0 Å². The number of para-hydroxylation sites is 1. The monoisotopic (exact) mass is 530 g/mol. The van der Waals surface area contributed by atoms with Gasteiger partial charge < -0.3 is 10.2 Å². The zero-order valence-electron chi connectivity index (χ0n) is 22.9. The van der Waals surface area contributed by atoms with Gasteiger partial charge in [0.15, 0.2) is 0 Å². The Bertz CT molecular complexity index is 1510. The van der Waals surface area contributed by atoms with Gasteiger partial charge in [-0.15, -0.1) is 0 Å². The molecular weight excluding hydrogens is 496 g/mol. The summed E-state index contributed by atoms with van der Waals surface area (Å²) in [5.74, 6) is 0.870. The lowest BCUT2D eigenvalue weighted by molar-refractivity contribution is 0.185. The van der Waals surface area contributed by atoms with E-state index >= 15 is 0 Å². The number of benzene rings is 3. The molecule has 0 radical (unpaired) electrons. The van der Waals surface area contributed by atoms with Crippen LogP contribution in [0.15, 0.2) is 65.5 Å². The number of hydrogen-bond donors (Lipinski definition) is 1. The summed E-state index contributed by atoms with van der Waals surface area (Å²) in [7, 11) is 0. The lowest BCUT2D eigenvalue weighted by Crippen LogP contribution is -2.41. The SMILES string of the molecule is Cc1ccc(-n2c(C(C)N(CCC(C)C)C(=O)Nc3c(C)cccc3C)nc3cc(Cl)ccc3c2=O)cc1. The molecule has 0 spiro atoms. The van der Waals surface area contributed by atoms with Gasteiger partial charge in [0.1, 0.15) is 5.82 Å². The van der Waals surface area contributed by atoms with E-state index in [9.17, 15) is 9.59 Å². The largest absolute Gasteiger partial charge is 0.322 e. The number of nitrogens with zero attached hydrogens (tertiary/aromatic N) is 3. The molecule has 0 aliphatic carbocycles. The molecule has 0 saturated carbocycles. The van der Waals surface area contributed by atoms with Gasteiger partial charge in [0.2, 0.25) is 0 Å². The number of nitrogens with one attached hydrogen (secondary N) is 1. The fourth-order valence-corrected chi connectivity index (χ4v) is 4.76. The maximum atomic E-state index is 13.9. The number of fused-ring (bicyclic) bond motifs is 1. The van der Waals surface area contributed by atoms with Crippen LogP contribution in [0, 0.1) is 26.7 Å². The molecule has 1 heterocycles. The lowest BCUT2D eigenvalue weighted by Gasteiger charge is -2.31. The first-order valence-electron chi connectivity index (χ1n) is 13.0. The van der Waals surface area contributed by atoms with Crippen molar-refractivity contribution in [2.45, 2.75) is 54.0 Å². The molecule has 3 aromatic carbocycles. The van der Waals surface area contributed by atoms with Crippen LogP contribution in [0.5, 0.6) is 0 Å². The van der Waals surface area contributed by atoms with Crippen LogP contribution in [0.3, 0.4) is 0 Å². The minimum absolute atomic E-state index is 0.198. The molecular formula is C31H35ClN4O2. The topological polar surface area (TPSA) is 67.2 Å². The number of carbonyl (C=O) groups excluding carboxylic acids is 1. The highest BCUT2D eigenvalue weighted by molar-refractivity contribution is 6.31. The van der Waals surface area contributed by atoms with Crippen LogP contribution in [-0.4, -0.2) is 27.0 Å². The van der Waals surface area contributed by atoms with Gasteiger partial charge in [0, 0.05) is 17.3 Å². The molecule has 1 aromatic heterocycles. The van der Waals surface area contributed by atoms with E-state index in [0.717, 1.165) is 28.8 Å². The first-order chi connectivity index (χ1) is 18.1. The van der Waals surface area contributed by atoms with Crippen LogP contribution >= 0.6 is 11.6 Å². The van der Waals surface area contributed by atoms with Gasteiger partial charge in [-0.1, -0.05) is 61.3 Å². The Kier molecular flexibility index (Phi) is 8.22. The van der Waals surface area contributed by atoms with Crippen molar-refractivity contribution < 1.29 is 4.79 Å². The van der Waals surface area contributed by atoms with E-state index in [-0.39, 0.29) is 11.6 Å². The highest BCUT2D eigenvalue weighted by Crippen LogP contribution is 2.27. The molecule has 198 valence electrons. The predicted molar refractivity (Wildman–Crippen MR) is 157 cm³/mol. The van der Waals surface area contributed by atoms with Crippen LogP contribution < -0.4 is 10.9 Å². The maximum Gasteiger partial charge on any atom is 0.322 e. The maximum absolute atomic E-state index is 13.9. The zero-order chi connectivity index (χ0) is 27.6. The highest BCUT2D eigenvalue weighted by atomic mass is 35.5. The fourth-order valence-electron chi connectivity index (χ4n) is 4.60. The molecule has 0 saturated heterocycles. The van der Waals surface area contributed by atoms with Crippen molar-refractivity contribution in [3.63, 3.8) is 0 Å². The van der Waals surface area contributed by atoms with Crippen LogP contribution in [0.25, 0.3) is 16.6 Å². The van der Waals surface area contributed by atoms with Gasteiger partial charge in [-0.3, -0.25) is 9.36 Å². The van der Waals surface area contributed by atoms with Crippen molar-refractivity contribution in [3.05, 3.63) is 98.6 Å². The molecule has 4 aromatic rings. The molecule has 1 unspecified atom stereocenters. The quantitative estimate of drug-likeness (QED) is 0.267. The second kappa shape index (κ2) is 11.4. The number of hydrogen-bond acceptors (Lipinski definition) is 3. The number of rotatable bonds is 7. The lowest BCUT2D eigenvalue weighted by atomic mass is 10.1. The summed E-state index contributed by atoms with van der Waals surface area (Å²) in [6.07, 6.45) is 0.804. The van der Waals surface area contributed by atoms with Crippen LogP contribution in [0.4, 0.5) is 10.5 Å². The van der Waals surface area contributed by atoms with Crippen molar-refractivity contribution in [1.82, 2.24) is 14.5 Å². The van der Waals surface area contributed by atoms with E-state index in [2.05, 4.69) is 19.2 Å². The fraction of sp³-hybridized carbons (Fsp3) is 0.323. The summed E-state index contributed by atoms with van der Waals surface area (Å²) >= 11 is 6.27. The molecule has 0 aliphatic rings. The Morgan fingerprint density at radius 3 is 2.29 bits per heavy atom. The highest BCUT2D eigenvalue weighted by Gasteiger charge is 2.27. The van der Waals surface area contributed by atoms with E-state index in [4.69, 9.17) is 16.6 Å². The Morgan fingerprint density at radius 2 is 1.66 bits per heavy atom. The molecule has 6 nitrogen and oxygen atoms in total. The number of anilines is 1. The van der Waals surface area contributed by atoms with Gasteiger partial charge in [-0.25, -0.2) is 9.78 Å². The summed E-state index contributed by atoms with van der Waals surface area (Å²) in [5, 5.41) is 4.10. The predicted octanol–water partition coefficient (Wildman–Crippen LogP) is 7.61.